The van der Waals surface area contributed by atoms with Gasteiger partial charge >= 0.3 is 0 Å². The molecule has 3 aromatic rings. The number of carbonyl (C=O) groups is 3. The average Bonchev–Trinajstić information content (AvgIpc) is 3.35. The van der Waals surface area contributed by atoms with E-state index in [-0.39, 0.29) is 37.8 Å². The highest BCUT2D eigenvalue weighted by Crippen LogP contribution is 2.58. The summed E-state index contributed by atoms with van der Waals surface area (Å²) < 4.78 is 31.7. The number of nitrogens with two attached hydrogens (primary N) is 1. The van der Waals surface area contributed by atoms with Gasteiger partial charge in [-0.3, -0.25) is 14.4 Å². The van der Waals surface area contributed by atoms with E-state index in [9.17, 15) is 14.4 Å². The molecule has 0 aliphatic carbocycles. The fraction of sp³-hybridized carbons (Fsp3) is 0.300. The van der Waals surface area contributed by atoms with Crippen molar-refractivity contribution in [2.24, 2.45) is 11.1 Å². The second kappa shape index (κ2) is 10.4. The Hall–Kier alpha value is -3.53. The molecule has 1 fully saturated rings. The molecule has 0 radical (unpaired) electrons. The maximum atomic E-state index is 15.9. The number of rotatable bonds is 5. The molecule has 5 N–H and O–H groups in total. The van der Waals surface area contributed by atoms with E-state index in [1.807, 2.05) is 20.8 Å². The van der Waals surface area contributed by atoms with Gasteiger partial charge < -0.3 is 21.7 Å². The molecule has 2 heterocycles. The molecule has 2 aliphatic rings. The molecule has 0 saturated carbocycles. The zero-order valence-corrected chi connectivity index (χ0v) is 24.0. The maximum Gasteiger partial charge on any atom is 0.248 e. The van der Waals surface area contributed by atoms with Gasteiger partial charge in [-0.2, -0.15) is 0 Å². The Kier molecular flexibility index (Phi) is 7.34. The SMILES string of the molecule is CC(C)(C)C[C@@H]1N[C@@H](C(=O)Nc2ccc(C(N)=O)cc2)[C@H](c2cccc(Cl)c2F)[C@]12C(=O)Nc1cc(Cl)cc(F)c12. The first-order chi connectivity index (χ1) is 19.2. The minimum atomic E-state index is -1.74. The Bertz CT molecular complexity index is 1580. The Balaban J connectivity index is 1.72. The smallest absolute Gasteiger partial charge is 0.248 e. The van der Waals surface area contributed by atoms with Crippen molar-refractivity contribution in [2.75, 3.05) is 10.6 Å². The van der Waals surface area contributed by atoms with Gasteiger partial charge in [0.15, 0.2) is 0 Å². The molecule has 5 rings (SSSR count). The summed E-state index contributed by atoms with van der Waals surface area (Å²) in [5.74, 6) is -4.57. The second-order valence-corrected chi connectivity index (χ2v) is 12.5. The van der Waals surface area contributed by atoms with Crippen LogP contribution in [0.1, 0.15) is 54.6 Å². The molecule has 2 aliphatic heterocycles. The number of benzene rings is 3. The summed E-state index contributed by atoms with van der Waals surface area (Å²) in [6.07, 6.45) is 0.331. The van der Waals surface area contributed by atoms with Crippen LogP contribution in [0.25, 0.3) is 0 Å². The van der Waals surface area contributed by atoms with E-state index in [0.717, 1.165) is 6.07 Å². The van der Waals surface area contributed by atoms with Gasteiger partial charge in [0.2, 0.25) is 17.7 Å². The highest BCUT2D eigenvalue weighted by molar-refractivity contribution is 6.31. The predicted octanol–water partition coefficient (Wildman–Crippen LogP) is 5.76. The number of carbonyl (C=O) groups excluding carboxylic acids is 3. The van der Waals surface area contributed by atoms with Crippen molar-refractivity contribution in [3.63, 3.8) is 0 Å². The quantitative estimate of drug-likeness (QED) is 0.298. The summed E-state index contributed by atoms with van der Waals surface area (Å²) in [5.41, 5.74) is 3.96. The van der Waals surface area contributed by atoms with E-state index in [4.69, 9.17) is 28.9 Å². The van der Waals surface area contributed by atoms with Crippen LogP contribution in [0.2, 0.25) is 10.0 Å². The number of hydrogen-bond donors (Lipinski definition) is 4. The fourth-order valence-electron chi connectivity index (χ4n) is 6.17. The lowest BCUT2D eigenvalue weighted by molar-refractivity contribution is -0.122. The summed E-state index contributed by atoms with van der Waals surface area (Å²) in [6, 6.07) is 10.8. The summed E-state index contributed by atoms with van der Waals surface area (Å²) in [5, 5.41) is 8.69. The topological polar surface area (TPSA) is 113 Å². The van der Waals surface area contributed by atoms with E-state index >= 15 is 8.78 Å². The Labute approximate surface area is 245 Å². The molecule has 7 nitrogen and oxygen atoms in total. The molecule has 1 spiro atoms. The first-order valence-electron chi connectivity index (χ1n) is 13.0. The molecule has 3 amide bonds. The van der Waals surface area contributed by atoms with Crippen molar-refractivity contribution < 1.29 is 23.2 Å². The van der Waals surface area contributed by atoms with Gasteiger partial charge in [0, 0.05) is 39.5 Å². The van der Waals surface area contributed by atoms with Crippen LogP contribution in [0.3, 0.4) is 0 Å². The van der Waals surface area contributed by atoms with Crippen molar-refractivity contribution in [3.8, 4) is 0 Å². The molecular formula is C30H28Cl2F2N4O3. The van der Waals surface area contributed by atoms with Crippen molar-refractivity contribution in [1.82, 2.24) is 5.32 Å². The average molecular weight is 601 g/mol. The van der Waals surface area contributed by atoms with Gasteiger partial charge in [0.05, 0.1) is 11.1 Å². The van der Waals surface area contributed by atoms with Crippen LogP contribution in [0, 0.1) is 17.0 Å². The monoisotopic (exact) mass is 600 g/mol. The number of hydrogen-bond acceptors (Lipinski definition) is 4. The van der Waals surface area contributed by atoms with Crippen LogP contribution >= 0.6 is 23.2 Å². The van der Waals surface area contributed by atoms with Crippen molar-refractivity contribution >= 4 is 52.3 Å². The predicted molar refractivity (Wildman–Crippen MR) is 154 cm³/mol. The minimum absolute atomic E-state index is 0.0111. The van der Waals surface area contributed by atoms with Crippen molar-refractivity contribution in [1.29, 1.82) is 0 Å². The van der Waals surface area contributed by atoms with Crippen LogP contribution in [-0.4, -0.2) is 29.8 Å². The lowest BCUT2D eigenvalue weighted by atomic mass is 9.62. The third kappa shape index (κ3) is 4.96. The standard InChI is InChI=1S/C30H28Cl2F2N4O3/c1-29(2,3)13-21-30(23-19(33)11-15(31)12-20(23)37-28(30)41)22(17-5-4-6-18(32)24(17)34)25(38-21)27(40)36-16-9-7-14(8-10-16)26(35)39/h4-12,21-22,25,38H,13H2,1-3H3,(H2,35,39)(H,36,40)(H,37,41)/t21-,22-,25+,30+/m0/s1. The molecule has 11 heteroatoms. The molecular weight excluding hydrogens is 573 g/mol. The first-order valence-corrected chi connectivity index (χ1v) is 13.7. The zero-order valence-electron chi connectivity index (χ0n) is 22.4. The van der Waals surface area contributed by atoms with Crippen molar-refractivity contribution in [3.05, 3.63) is 93.0 Å². The zero-order chi connectivity index (χ0) is 29.9. The van der Waals surface area contributed by atoms with Crippen LogP contribution in [0.15, 0.2) is 54.6 Å². The number of amides is 3. The molecule has 0 unspecified atom stereocenters. The Morgan fingerprint density at radius 2 is 1.76 bits per heavy atom. The normalized spacial score (nSPS) is 23.4. The Morgan fingerprint density at radius 1 is 1.07 bits per heavy atom. The summed E-state index contributed by atoms with van der Waals surface area (Å²) in [7, 11) is 0. The number of fused-ring (bicyclic) bond motifs is 2. The summed E-state index contributed by atoms with van der Waals surface area (Å²) in [6.45, 7) is 5.87. The fourth-order valence-corrected chi connectivity index (χ4v) is 6.55. The first kappa shape index (κ1) is 29.0. The van der Waals surface area contributed by atoms with Crippen LogP contribution in [0.4, 0.5) is 20.2 Å². The maximum absolute atomic E-state index is 15.9. The molecule has 0 bridgehead atoms. The molecule has 1 saturated heterocycles. The van der Waals surface area contributed by atoms with Gasteiger partial charge in [0.25, 0.3) is 0 Å². The molecule has 41 heavy (non-hydrogen) atoms. The van der Waals surface area contributed by atoms with Gasteiger partial charge in [-0.25, -0.2) is 8.78 Å². The summed E-state index contributed by atoms with van der Waals surface area (Å²) >= 11 is 12.3. The van der Waals surface area contributed by atoms with E-state index in [1.165, 1.54) is 48.5 Å². The molecule has 0 aromatic heterocycles. The summed E-state index contributed by atoms with van der Waals surface area (Å²) in [4.78, 5) is 39.6. The van der Waals surface area contributed by atoms with Crippen LogP contribution < -0.4 is 21.7 Å². The highest BCUT2D eigenvalue weighted by Gasteiger charge is 2.67. The van der Waals surface area contributed by atoms with Gasteiger partial charge in [0.1, 0.15) is 17.0 Å². The van der Waals surface area contributed by atoms with E-state index in [2.05, 4.69) is 16.0 Å². The van der Waals surface area contributed by atoms with E-state index in [1.54, 1.807) is 0 Å². The molecule has 214 valence electrons. The van der Waals surface area contributed by atoms with E-state index < -0.39 is 52.8 Å². The van der Waals surface area contributed by atoms with Gasteiger partial charge in [-0.15, -0.1) is 0 Å². The van der Waals surface area contributed by atoms with Crippen LogP contribution in [-0.2, 0) is 15.0 Å². The second-order valence-electron chi connectivity index (χ2n) is 11.6. The highest BCUT2D eigenvalue weighted by atomic mass is 35.5. The molecule has 3 aromatic carbocycles. The third-order valence-electron chi connectivity index (χ3n) is 7.70. The van der Waals surface area contributed by atoms with E-state index in [0.29, 0.717) is 12.1 Å². The van der Waals surface area contributed by atoms with Crippen LogP contribution in [0.5, 0.6) is 0 Å². The number of anilines is 2. The lowest BCUT2D eigenvalue weighted by Crippen LogP contribution is -2.50. The minimum Gasteiger partial charge on any atom is -0.366 e. The van der Waals surface area contributed by atoms with Crippen molar-refractivity contribution in [2.45, 2.75) is 50.6 Å². The number of nitrogens with one attached hydrogen (secondary N) is 3. The van der Waals surface area contributed by atoms with Gasteiger partial charge in [-0.1, -0.05) is 56.1 Å². The molecule has 4 atom stereocenters. The lowest BCUT2D eigenvalue weighted by Gasteiger charge is -2.37. The van der Waals surface area contributed by atoms with Gasteiger partial charge in [-0.05, 0) is 59.9 Å². The largest absolute Gasteiger partial charge is 0.366 e. The third-order valence-corrected chi connectivity index (χ3v) is 8.21. The Morgan fingerprint density at radius 3 is 2.39 bits per heavy atom. The number of primary amides is 1. The number of halogens is 4.